The van der Waals surface area contributed by atoms with Gasteiger partial charge in [-0.3, -0.25) is 4.79 Å². The smallest absolute Gasteiger partial charge is 0.227 e. The van der Waals surface area contributed by atoms with Gasteiger partial charge < -0.3 is 14.6 Å². The number of likely N-dealkylation sites (tertiary alicyclic amines) is 1. The van der Waals surface area contributed by atoms with Gasteiger partial charge in [-0.2, -0.15) is 0 Å². The largest absolute Gasteiger partial charge is 0.391 e. The number of benzene rings is 1. The van der Waals surface area contributed by atoms with Crippen molar-refractivity contribution in [2.45, 2.75) is 38.8 Å². The highest BCUT2D eigenvalue weighted by molar-refractivity contribution is 5.89. The normalized spacial score (nSPS) is 19.1. The Hall–Kier alpha value is -1.81. The predicted molar refractivity (Wildman–Crippen MR) is 83.1 cm³/mol. The van der Waals surface area contributed by atoms with Gasteiger partial charge in [-0.05, 0) is 31.4 Å². The number of aryl methyl sites for hydroxylation is 1. The van der Waals surface area contributed by atoms with Crippen LogP contribution >= 0.6 is 0 Å². The molecule has 0 radical (unpaired) electrons. The van der Waals surface area contributed by atoms with Crippen LogP contribution in [0.2, 0.25) is 0 Å². The van der Waals surface area contributed by atoms with E-state index in [0.717, 1.165) is 36.9 Å². The first-order valence-electron chi connectivity index (χ1n) is 7.71. The molecule has 4 heteroatoms. The Bertz CT molecular complexity index is 647. The number of hydrogen-bond donors (Lipinski definition) is 1. The van der Waals surface area contributed by atoms with Crippen LogP contribution in [0.1, 0.15) is 25.3 Å². The fourth-order valence-corrected chi connectivity index (χ4v) is 3.18. The van der Waals surface area contributed by atoms with Crippen molar-refractivity contribution in [2.24, 2.45) is 0 Å². The van der Waals surface area contributed by atoms with E-state index in [1.54, 1.807) is 4.90 Å². The molecule has 1 fully saturated rings. The highest BCUT2D eigenvalue weighted by atomic mass is 16.3. The van der Waals surface area contributed by atoms with Gasteiger partial charge in [-0.1, -0.05) is 18.2 Å². The molecular weight excluding hydrogens is 264 g/mol. The van der Waals surface area contributed by atoms with E-state index in [9.17, 15) is 9.90 Å². The molecule has 1 atom stereocenters. The van der Waals surface area contributed by atoms with Gasteiger partial charge in [0.1, 0.15) is 0 Å². The summed E-state index contributed by atoms with van der Waals surface area (Å²) in [5.41, 5.74) is 2.26. The van der Waals surface area contributed by atoms with Crippen molar-refractivity contribution < 1.29 is 9.90 Å². The predicted octanol–water partition coefficient (Wildman–Crippen LogP) is 2.19. The average Bonchev–Trinajstić information content (AvgIpc) is 2.85. The summed E-state index contributed by atoms with van der Waals surface area (Å²) in [6, 6.07) is 8.22. The zero-order chi connectivity index (χ0) is 14.8. The Morgan fingerprint density at radius 1 is 1.38 bits per heavy atom. The van der Waals surface area contributed by atoms with E-state index in [1.165, 1.54) is 5.52 Å². The van der Waals surface area contributed by atoms with Crippen LogP contribution in [-0.4, -0.2) is 39.7 Å². The summed E-state index contributed by atoms with van der Waals surface area (Å²) in [6.45, 7) is 4.25. The number of amides is 1. The summed E-state index contributed by atoms with van der Waals surface area (Å²) >= 11 is 0. The molecule has 0 saturated carbocycles. The number of aromatic nitrogens is 1. The molecule has 1 saturated heterocycles. The fourth-order valence-electron chi connectivity index (χ4n) is 3.18. The zero-order valence-corrected chi connectivity index (χ0v) is 12.5. The summed E-state index contributed by atoms with van der Waals surface area (Å²) in [5.74, 6) is 0.118. The summed E-state index contributed by atoms with van der Waals surface area (Å²) in [5, 5.41) is 10.9. The highest BCUT2D eigenvalue weighted by Gasteiger charge is 2.23. The lowest BCUT2D eigenvalue weighted by molar-refractivity contribution is -0.133. The standard InChI is InChI=1S/C17H22N2O2/c1-2-18-11-13(15-7-3-4-8-16(15)18)10-17(21)19-9-5-6-14(20)12-19/h3-4,7-8,11,14,20H,2,5-6,9-10,12H2,1H3. The Kier molecular flexibility index (Phi) is 3.97. The van der Waals surface area contributed by atoms with Gasteiger partial charge >= 0.3 is 0 Å². The van der Waals surface area contributed by atoms with E-state index < -0.39 is 0 Å². The molecule has 3 rings (SSSR count). The number of fused-ring (bicyclic) bond motifs is 1. The topological polar surface area (TPSA) is 45.5 Å². The van der Waals surface area contributed by atoms with Crippen molar-refractivity contribution in [3.8, 4) is 0 Å². The van der Waals surface area contributed by atoms with Crippen LogP contribution in [0.4, 0.5) is 0 Å². The number of nitrogens with zero attached hydrogens (tertiary/aromatic N) is 2. The van der Waals surface area contributed by atoms with Crippen molar-refractivity contribution in [3.05, 3.63) is 36.0 Å². The van der Waals surface area contributed by atoms with Crippen LogP contribution in [0.3, 0.4) is 0 Å². The third-order valence-corrected chi connectivity index (χ3v) is 4.30. The maximum atomic E-state index is 12.5. The number of piperidine rings is 1. The Balaban J connectivity index is 1.83. The molecule has 1 aliphatic rings. The third-order valence-electron chi connectivity index (χ3n) is 4.30. The van der Waals surface area contributed by atoms with E-state index in [2.05, 4.69) is 29.8 Å². The minimum absolute atomic E-state index is 0.118. The van der Waals surface area contributed by atoms with E-state index in [-0.39, 0.29) is 12.0 Å². The van der Waals surface area contributed by atoms with Crippen LogP contribution in [-0.2, 0) is 17.8 Å². The number of carbonyl (C=O) groups is 1. The molecule has 1 N–H and O–H groups in total. The summed E-state index contributed by atoms with van der Waals surface area (Å²) in [7, 11) is 0. The number of β-amino-alcohol motifs (C(OH)–C–C–N with tert-alkyl or cyclic N) is 1. The Morgan fingerprint density at radius 2 is 2.19 bits per heavy atom. The van der Waals surface area contributed by atoms with Crippen LogP contribution in [0, 0.1) is 0 Å². The molecule has 4 nitrogen and oxygen atoms in total. The van der Waals surface area contributed by atoms with E-state index in [4.69, 9.17) is 0 Å². The second kappa shape index (κ2) is 5.90. The van der Waals surface area contributed by atoms with Crippen LogP contribution in [0.5, 0.6) is 0 Å². The molecule has 0 bridgehead atoms. The molecule has 2 heterocycles. The molecule has 0 aliphatic carbocycles. The molecule has 0 spiro atoms. The van der Waals surface area contributed by atoms with Crippen LogP contribution < -0.4 is 0 Å². The first-order chi connectivity index (χ1) is 10.2. The molecule has 2 aromatic rings. The minimum atomic E-state index is -0.361. The second-order valence-electron chi connectivity index (χ2n) is 5.77. The van der Waals surface area contributed by atoms with Crippen LogP contribution in [0.25, 0.3) is 10.9 Å². The quantitative estimate of drug-likeness (QED) is 0.940. The average molecular weight is 286 g/mol. The van der Waals surface area contributed by atoms with Crippen molar-refractivity contribution in [2.75, 3.05) is 13.1 Å². The molecule has 1 unspecified atom stereocenters. The maximum Gasteiger partial charge on any atom is 0.227 e. The van der Waals surface area contributed by atoms with Crippen LogP contribution in [0.15, 0.2) is 30.5 Å². The Morgan fingerprint density at radius 3 is 2.95 bits per heavy atom. The molecule has 112 valence electrons. The van der Waals surface area contributed by atoms with Crippen molar-refractivity contribution >= 4 is 16.8 Å². The van der Waals surface area contributed by atoms with Gasteiger partial charge in [0.15, 0.2) is 0 Å². The number of para-hydroxylation sites is 1. The molecule has 21 heavy (non-hydrogen) atoms. The van der Waals surface area contributed by atoms with Gasteiger partial charge in [-0.15, -0.1) is 0 Å². The molecular formula is C17H22N2O2. The van der Waals surface area contributed by atoms with Gasteiger partial charge in [0.2, 0.25) is 5.91 Å². The molecule has 1 amide bonds. The fraction of sp³-hybridized carbons (Fsp3) is 0.471. The first kappa shape index (κ1) is 14.1. The highest BCUT2D eigenvalue weighted by Crippen LogP contribution is 2.23. The lowest BCUT2D eigenvalue weighted by Crippen LogP contribution is -2.42. The van der Waals surface area contributed by atoms with E-state index in [1.807, 2.05) is 12.1 Å². The summed E-state index contributed by atoms with van der Waals surface area (Å²) in [4.78, 5) is 14.3. The monoisotopic (exact) mass is 286 g/mol. The lowest BCUT2D eigenvalue weighted by Gasteiger charge is -2.30. The van der Waals surface area contributed by atoms with Crippen molar-refractivity contribution in [1.82, 2.24) is 9.47 Å². The van der Waals surface area contributed by atoms with Gasteiger partial charge in [0.05, 0.1) is 12.5 Å². The maximum absolute atomic E-state index is 12.5. The minimum Gasteiger partial charge on any atom is -0.391 e. The first-order valence-corrected chi connectivity index (χ1v) is 7.71. The van der Waals surface area contributed by atoms with Crippen molar-refractivity contribution in [3.63, 3.8) is 0 Å². The number of carbonyl (C=O) groups excluding carboxylic acids is 1. The SMILES string of the molecule is CCn1cc(CC(=O)N2CCCC(O)C2)c2ccccc21. The summed E-state index contributed by atoms with van der Waals surface area (Å²) in [6.07, 6.45) is 3.84. The second-order valence-corrected chi connectivity index (χ2v) is 5.77. The number of hydrogen-bond acceptors (Lipinski definition) is 2. The molecule has 1 aromatic heterocycles. The molecule has 1 aliphatic heterocycles. The van der Waals surface area contributed by atoms with E-state index >= 15 is 0 Å². The van der Waals surface area contributed by atoms with Gasteiger partial charge in [0, 0.05) is 36.7 Å². The van der Waals surface area contributed by atoms with Gasteiger partial charge in [-0.25, -0.2) is 0 Å². The summed E-state index contributed by atoms with van der Waals surface area (Å²) < 4.78 is 2.18. The number of rotatable bonds is 3. The number of aliphatic hydroxyl groups excluding tert-OH is 1. The number of aliphatic hydroxyl groups is 1. The van der Waals surface area contributed by atoms with E-state index in [0.29, 0.717) is 13.0 Å². The third kappa shape index (κ3) is 2.81. The Labute approximate surface area is 125 Å². The van der Waals surface area contributed by atoms with Gasteiger partial charge in [0.25, 0.3) is 0 Å². The lowest BCUT2D eigenvalue weighted by atomic mass is 10.1. The zero-order valence-electron chi connectivity index (χ0n) is 12.5. The van der Waals surface area contributed by atoms with Crippen molar-refractivity contribution in [1.29, 1.82) is 0 Å². The molecule has 1 aromatic carbocycles.